The SMILES string of the molecule is CCCCCNC(=O)[C@H](c1ccccc1)N(Cc1ccc(OC)cc1)C(=O)Cc1ccc(OC)c(OC)c1. The number of ether oxygens (including phenoxy) is 3. The first-order valence-electron chi connectivity index (χ1n) is 13.0. The van der Waals surface area contributed by atoms with E-state index in [2.05, 4.69) is 12.2 Å². The topological polar surface area (TPSA) is 77.1 Å². The summed E-state index contributed by atoms with van der Waals surface area (Å²) in [7, 11) is 4.75. The van der Waals surface area contributed by atoms with Gasteiger partial charge in [-0.2, -0.15) is 0 Å². The molecule has 0 spiro atoms. The van der Waals surface area contributed by atoms with Crippen molar-refractivity contribution in [2.75, 3.05) is 27.9 Å². The maximum Gasteiger partial charge on any atom is 0.247 e. The number of nitrogens with one attached hydrogen (secondary N) is 1. The van der Waals surface area contributed by atoms with Crippen LogP contribution in [0, 0.1) is 0 Å². The number of methoxy groups -OCH3 is 3. The molecule has 0 heterocycles. The van der Waals surface area contributed by atoms with Crippen LogP contribution in [-0.2, 0) is 22.6 Å². The summed E-state index contributed by atoms with van der Waals surface area (Å²) in [6.07, 6.45) is 3.08. The second kappa shape index (κ2) is 14.7. The van der Waals surface area contributed by atoms with Crippen LogP contribution >= 0.6 is 0 Å². The fourth-order valence-electron chi connectivity index (χ4n) is 4.31. The molecule has 7 heteroatoms. The molecular weight excluding hydrogens is 480 g/mol. The Labute approximate surface area is 225 Å². The lowest BCUT2D eigenvalue weighted by molar-refractivity contribution is -0.141. The predicted molar refractivity (Wildman–Crippen MR) is 149 cm³/mol. The van der Waals surface area contributed by atoms with E-state index in [0.29, 0.717) is 18.0 Å². The van der Waals surface area contributed by atoms with Gasteiger partial charge in [-0.05, 0) is 47.4 Å². The normalized spacial score (nSPS) is 11.4. The third kappa shape index (κ3) is 7.75. The van der Waals surface area contributed by atoms with Gasteiger partial charge < -0.3 is 24.4 Å². The van der Waals surface area contributed by atoms with Crippen LogP contribution in [0.5, 0.6) is 17.2 Å². The van der Waals surface area contributed by atoms with E-state index in [1.807, 2.05) is 60.7 Å². The van der Waals surface area contributed by atoms with Crippen molar-refractivity contribution in [3.05, 3.63) is 89.5 Å². The molecule has 0 radical (unpaired) electrons. The van der Waals surface area contributed by atoms with Gasteiger partial charge in [-0.15, -0.1) is 0 Å². The molecule has 0 aromatic heterocycles. The zero-order valence-corrected chi connectivity index (χ0v) is 22.7. The summed E-state index contributed by atoms with van der Waals surface area (Å²) in [5.74, 6) is 1.50. The number of unbranched alkanes of at least 4 members (excludes halogenated alkanes) is 2. The Balaban J connectivity index is 1.97. The minimum Gasteiger partial charge on any atom is -0.497 e. The van der Waals surface area contributed by atoms with Gasteiger partial charge in [0, 0.05) is 13.1 Å². The molecule has 0 saturated carbocycles. The number of carbonyl (C=O) groups excluding carboxylic acids is 2. The second-order valence-electron chi connectivity index (χ2n) is 9.05. The van der Waals surface area contributed by atoms with Gasteiger partial charge >= 0.3 is 0 Å². The fraction of sp³-hybridized carbons (Fsp3) is 0.355. The lowest BCUT2D eigenvalue weighted by atomic mass is 10.0. The molecule has 2 amide bonds. The molecule has 3 rings (SSSR count). The van der Waals surface area contributed by atoms with Gasteiger partial charge in [-0.1, -0.05) is 68.3 Å². The molecule has 0 unspecified atom stereocenters. The van der Waals surface area contributed by atoms with Crippen molar-refractivity contribution in [3.8, 4) is 17.2 Å². The van der Waals surface area contributed by atoms with Crippen molar-refractivity contribution in [2.24, 2.45) is 0 Å². The monoisotopic (exact) mass is 518 g/mol. The van der Waals surface area contributed by atoms with Crippen molar-refractivity contribution in [1.29, 1.82) is 0 Å². The highest BCUT2D eigenvalue weighted by Gasteiger charge is 2.31. The van der Waals surface area contributed by atoms with Gasteiger partial charge in [0.05, 0.1) is 27.8 Å². The van der Waals surface area contributed by atoms with E-state index in [0.717, 1.165) is 41.7 Å². The van der Waals surface area contributed by atoms with Crippen molar-refractivity contribution < 1.29 is 23.8 Å². The molecule has 0 aliphatic heterocycles. The molecule has 0 saturated heterocycles. The third-order valence-electron chi connectivity index (χ3n) is 6.39. The van der Waals surface area contributed by atoms with Crippen LogP contribution in [0.4, 0.5) is 0 Å². The highest BCUT2D eigenvalue weighted by Crippen LogP contribution is 2.29. The van der Waals surface area contributed by atoms with Crippen LogP contribution in [-0.4, -0.2) is 44.6 Å². The van der Waals surface area contributed by atoms with Crippen molar-refractivity contribution >= 4 is 11.8 Å². The van der Waals surface area contributed by atoms with E-state index in [1.165, 1.54) is 0 Å². The molecule has 0 aliphatic carbocycles. The lowest BCUT2D eigenvalue weighted by Gasteiger charge is -2.32. The van der Waals surface area contributed by atoms with Crippen LogP contribution in [0.3, 0.4) is 0 Å². The van der Waals surface area contributed by atoms with Crippen LogP contribution in [0.1, 0.15) is 48.9 Å². The Morgan fingerprint density at radius 2 is 1.50 bits per heavy atom. The van der Waals surface area contributed by atoms with Gasteiger partial charge in [-0.3, -0.25) is 9.59 Å². The zero-order chi connectivity index (χ0) is 27.3. The number of benzene rings is 3. The van der Waals surface area contributed by atoms with E-state index in [1.54, 1.807) is 38.4 Å². The fourth-order valence-corrected chi connectivity index (χ4v) is 4.31. The number of nitrogens with zero attached hydrogens (tertiary/aromatic N) is 1. The molecule has 7 nitrogen and oxygen atoms in total. The number of rotatable bonds is 14. The molecule has 3 aromatic carbocycles. The molecule has 0 bridgehead atoms. The first-order chi connectivity index (χ1) is 18.5. The summed E-state index contributed by atoms with van der Waals surface area (Å²) >= 11 is 0. The molecule has 0 aliphatic rings. The first kappa shape index (κ1) is 28.6. The van der Waals surface area contributed by atoms with Gasteiger partial charge in [0.2, 0.25) is 11.8 Å². The maximum absolute atomic E-state index is 13.9. The summed E-state index contributed by atoms with van der Waals surface area (Å²) in [5, 5.41) is 3.06. The summed E-state index contributed by atoms with van der Waals surface area (Å²) in [4.78, 5) is 29.2. The third-order valence-corrected chi connectivity index (χ3v) is 6.39. The van der Waals surface area contributed by atoms with Crippen molar-refractivity contribution in [3.63, 3.8) is 0 Å². The average molecular weight is 519 g/mol. The summed E-state index contributed by atoms with van der Waals surface area (Å²) in [5.41, 5.74) is 2.42. The maximum atomic E-state index is 13.9. The first-order valence-corrected chi connectivity index (χ1v) is 13.0. The van der Waals surface area contributed by atoms with Gasteiger partial charge in [-0.25, -0.2) is 0 Å². The van der Waals surface area contributed by atoms with Crippen molar-refractivity contribution in [2.45, 2.75) is 45.2 Å². The van der Waals surface area contributed by atoms with E-state index in [4.69, 9.17) is 14.2 Å². The molecule has 38 heavy (non-hydrogen) atoms. The van der Waals surface area contributed by atoms with Crippen LogP contribution < -0.4 is 19.5 Å². The summed E-state index contributed by atoms with van der Waals surface area (Å²) in [6.45, 7) is 2.95. The molecular formula is C31H38N2O5. The van der Waals surface area contributed by atoms with E-state index >= 15 is 0 Å². The van der Waals surface area contributed by atoms with Crippen LogP contribution in [0.2, 0.25) is 0 Å². The average Bonchev–Trinajstić information content (AvgIpc) is 2.95. The highest BCUT2D eigenvalue weighted by atomic mass is 16.5. The molecule has 0 fully saturated rings. The predicted octanol–water partition coefficient (Wildman–Crippen LogP) is 5.33. The zero-order valence-electron chi connectivity index (χ0n) is 22.7. The summed E-state index contributed by atoms with van der Waals surface area (Å²) < 4.78 is 16.1. The molecule has 3 aromatic rings. The Morgan fingerprint density at radius 3 is 2.13 bits per heavy atom. The smallest absolute Gasteiger partial charge is 0.247 e. The Bertz CT molecular complexity index is 1160. The number of amides is 2. The van der Waals surface area contributed by atoms with Gasteiger partial charge in [0.1, 0.15) is 11.8 Å². The Morgan fingerprint density at radius 1 is 0.816 bits per heavy atom. The van der Waals surface area contributed by atoms with E-state index < -0.39 is 6.04 Å². The number of hydrogen-bond donors (Lipinski definition) is 1. The van der Waals surface area contributed by atoms with Gasteiger partial charge in [0.25, 0.3) is 0 Å². The number of hydrogen-bond acceptors (Lipinski definition) is 5. The second-order valence-corrected chi connectivity index (χ2v) is 9.05. The van der Waals surface area contributed by atoms with Crippen LogP contribution in [0.25, 0.3) is 0 Å². The Hall–Kier alpha value is -4.00. The minimum absolute atomic E-state index is 0.100. The highest BCUT2D eigenvalue weighted by molar-refractivity contribution is 5.89. The Kier molecular flexibility index (Phi) is 11.0. The minimum atomic E-state index is -0.785. The van der Waals surface area contributed by atoms with E-state index in [-0.39, 0.29) is 24.8 Å². The lowest BCUT2D eigenvalue weighted by Crippen LogP contribution is -2.44. The quantitative estimate of drug-likeness (QED) is 0.292. The largest absolute Gasteiger partial charge is 0.497 e. The van der Waals surface area contributed by atoms with E-state index in [9.17, 15) is 9.59 Å². The van der Waals surface area contributed by atoms with Gasteiger partial charge in [0.15, 0.2) is 11.5 Å². The summed E-state index contributed by atoms with van der Waals surface area (Å²) in [6, 6.07) is 21.6. The molecule has 1 atom stereocenters. The molecule has 1 N–H and O–H groups in total. The van der Waals surface area contributed by atoms with Crippen molar-refractivity contribution in [1.82, 2.24) is 10.2 Å². The standard InChI is InChI=1S/C31H38N2O5/c1-5-6-10-19-32-31(35)30(25-11-8-7-9-12-25)33(22-23-13-16-26(36-2)17-14-23)29(34)21-24-15-18-27(37-3)28(20-24)38-4/h7-9,11-18,20,30H,5-6,10,19,21-22H2,1-4H3,(H,32,35)/t30-/m0/s1. The van der Waals surface area contributed by atoms with Crippen LogP contribution in [0.15, 0.2) is 72.8 Å². The number of carbonyl (C=O) groups is 2. The molecule has 202 valence electrons.